The first-order valence-electron chi connectivity index (χ1n) is 5.57. The maximum absolute atomic E-state index is 6.12. The average Bonchev–Trinajstić information content (AvgIpc) is 2.32. The molecule has 1 aromatic carbocycles. The normalized spacial score (nSPS) is 11.6. The van der Waals surface area contributed by atoms with E-state index in [1.807, 2.05) is 13.8 Å². The van der Waals surface area contributed by atoms with Crippen LogP contribution >= 0.6 is 47.0 Å². The fourth-order valence-electron chi connectivity index (χ4n) is 1.29. The van der Waals surface area contributed by atoms with Crippen molar-refractivity contribution in [1.82, 2.24) is 10.7 Å². The highest BCUT2D eigenvalue weighted by Gasteiger charge is 2.11. The minimum atomic E-state index is 0.240. The molecule has 1 rings (SSSR count). The highest BCUT2D eigenvalue weighted by molar-refractivity contribution is 7.80. The number of hydrazone groups is 1. The van der Waals surface area contributed by atoms with Gasteiger partial charge in [0.05, 0.1) is 20.8 Å². The molecule has 0 heterocycles. The van der Waals surface area contributed by atoms with Crippen LogP contribution in [0.1, 0.15) is 26.3 Å². The van der Waals surface area contributed by atoms with Crippen LogP contribution in [-0.2, 0) is 0 Å². The molecule has 1 aromatic rings. The number of halogens is 3. The Morgan fingerprint density at radius 2 is 1.84 bits per heavy atom. The van der Waals surface area contributed by atoms with Crippen LogP contribution in [0.2, 0.25) is 15.1 Å². The molecule has 3 nitrogen and oxygen atoms in total. The monoisotopic (exact) mass is 337 g/mol. The quantitative estimate of drug-likeness (QED) is 0.374. The van der Waals surface area contributed by atoms with Crippen LogP contribution < -0.4 is 10.7 Å². The van der Waals surface area contributed by atoms with E-state index in [1.165, 1.54) is 0 Å². The van der Waals surface area contributed by atoms with Crippen molar-refractivity contribution in [2.24, 2.45) is 5.10 Å². The lowest BCUT2D eigenvalue weighted by Gasteiger charge is -2.11. The van der Waals surface area contributed by atoms with Crippen molar-refractivity contribution in [2.75, 3.05) is 0 Å². The summed E-state index contributed by atoms with van der Waals surface area (Å²) in [4.78, 5) is 0. The van der Waals surface area contributed by atoms with Crippen molar-refractivity contribution in [3.8, 4) is 0 Å². The van der Waals surface area contributed by atoms with E-state index in [0.717, 1.165) is 0 Å². The summed E-state index contributed by atoms with van der Waals surface area (Å²) in [6.45, 7) is 5.78. The zero-order valence-electron chi connectivity index (χ0n) is 10.7. The van der Waals surface area contributed by atoms with Gasteiger partial charge in [-0.3, -0.25) is 5.43 Å². The van der Waals surface area contributed by atoms with Crippen molar-refractivity contribution in [2.45, 2.75) is 26.8 Å². The van der Waals surface area contributed by atoms with E-state index in [4.69, 9.17) is 47.0 Å². The lowest BCUT2D eigenvalue weighted by atomic mass is 10.1. The molecule has 0 atom stereocenters. The summed E-state index contributed by atoms with van der Waals surface area (Å²) in [5, 5.41) is 8.73. The van der Waals surface area contributed by atoms with Gasteiger partial charge in [-0.2, -0.15) is 5.10 Å². The molecule has 0 unspecified atom stereocenters. The summed E-state index contributed by atoms with van der Waals surface area (Å²) in [7, 11) is 0. The predicted molar refractivity (Wildman–Crippen MR) is 87.7 cm³/mol. The van der Waals surface area contributed by atoms with E-state index in [1.54, 1.807) is 19.1 Å². The number of nitrogens with zero attached hydrogens (tertiary/aromatic N) is 1. The van der Waals surface area contributed by atoms with Gasteiger partial charge in [-0.25, -0.2) is 0 Å². The first kappa shape index (κ1) is 16.5. The maximum Gasteiger partial charge on any atom is 0.187 e. The van der Waals surface area contributed by atoms with E-state index in [2.05, 4.69) is 15.8 Å². The Morgan fingerprint density at radius 3 is 2.42 bits per heavy atom. The molecule has 0 saturated heterocycles. The van der Waals surface area contributed by atoms with Crippen molar-refractivity contribution in [3.63, 3.8) is 0 Å². The van der Waals surface area contributed by atoms with Crippen LogP contribution in [0.5, 0.6) is 0 Å². The van der Waals surface area contributed by atoms with Gasteiger partial charge in [0.2, 0.25) is 0 Å². The summed E-state index contributed by atoms with van der Waals surface area (Å²) in [6, 6.07) is 3.68. The van der Waals surface area contributed by atoms with Crippen LogP contribution in [0.3, 0.4) is 0 Å². The topological polar surface area (TPSA) is 36.4 Å². The Labute approximate surface area is 133 Å². The number of hydrogen-bond donors (Lipinski definition) is 2. The first-order chi connectivity index (χ1) is 8.82. The lowest BCUT2D eigenvalue weighted by molar-refractivity contribution is 0.719. The molecule has 0 aliphatic heterocycles. The minimum absolute atomic E-state index is 0.240. The Morgan fingerprint density at radius 1 is 1.21 bits per heavy atom. The van der Waals surface area contributed by atoms with Gasteiger partial charge in [-0.05, 0) is 39.1 Å². The number of hydrogen-bond acceptors (Lipinski definition) is 2. The van der Waals surface area contributed by atoms with Crippen LogP contribution in [-0.4, -0.2) is 16.9 Å². The highest BCUT2D eigenvalue weighted by atomic mass is 35.5. The standard InChI is InChI=1S/C12H14Cl3N3S/c1-6(2)16-12(19)18-17-7(3)8-4-5-9(13)11(15)10(8)14/h4-6H,1-3H3,(H2,16,18,19)/b17-7-. The summed E-state index contributed by atoms with van der Waals surface area (Å²) in [5.74, 6) is 0. The molecule has 0 spiro atoms. The molecule has 19 heavy (non-hydrogen) atoms. The molecule has 0 bridgehead atoms. The van der Waals surface area contributed by atoms with Crippen molar-refractivity contribution in [1.29, 1.82) is 0 Å². The molecule has 0 saturated carbocycles. The molecule has 0 fully saturated rings. The van der Waals surface area contributed by atoms with Crippen LogP contribution in [0.4, 0.5) is 0 Å². The average molecular weight is 339 g/mol. The number of rotatable bonds is 3. The van der Waals surface area contributed by atoms with Gasteiger partial charge < -0.3 is 5.32 Å². The van der Waals surface area contributed by atoms with Crippen molar-refractivity contribution in [3.05, 3.63) is 32.8 Å². The summed E-state index contributed by atoms with van der Waals surface area (Å²) < 4.78 is 0. The van der Waals surface area contributed by atoms with E-state index >= 15 is 0 Å². The molecule has 0 radical (unpaired) electrons. The van der Waals surface area contributed by atoms with Gasteiger partial charge in [0.1, 0.15) is 0 Å². The first-order valence-corrected chi connectivity index (χ1v) is 7.11. The Hall–Kier alpha value is -0.550. The third kappa shape index (κ3) is 4.80. The van der Waals surface area contributed by atoms with E-state index in [9.17, 15) is 0 Å². The molecule has 0 aliphatic carbocycles. The predicted octanol–water partition coefficient (Wildman–Crippen LogP) is 4.24. The summed E-state index contributed by atoms with van der Waals surface area (Å²) >= 11 is 23.0. The second kappa shape index (κ2) is 7.29. The van der Waals surface area contributed by atoms with Gasteiger partial charge in [0.15, 0.2) is 5.11 Å². The van der Waals surface area contributed by atoms with E-state index < -0.39 is 0 Å². The summed E-state index contributed by atoms with van der Waals surface area (Å²) in [6.07, 6.45) is 0. The van der Waals surface area contributed by atoms with Crippen LogP contribution in [0.25, 0.3) is 0 Å². The fraction of sp³-hybridized carbons (Fsp3) is 0.333. The fourth-order valence-corrected chi connectivity index (χ4v) is 2.25. The minimum Gasteiger partial charge on any atom is -0.359 e. The molecule has 2 N–H and O–H groups in total. The third-order valence-corrected chi connectivity index (χ3v) is 3.67. The largest absolute Gasteiger partial charge is 0.359 e. The molecular formula is C12H14Cl3N3S. The Bertz CT molecular complexity index is 515. The summed E-state index contributed by atoms with van der Waals surface area (Å²) in [5.41, 5.74) is 4.12. The molecule has 0 aliphatic rings. The SMILES string of the molecule is C/C(=N/NC(=S)NC(C)C)c1ccc(Cl)c(Cl)c1Cl. The van der Waals surface area contributed by atoms with Gasteiger partial charge in [-0.15, -0.1) is 0 Å². The third-order valence-electron chi connectivity index (χ3n) is 2.17. The molecule has 7 heteroatoms. The van der Waals surface area contributed by atoms with E-state index in [-0.39, 0.29) is 6.04 Å². The second-order valence-electron chi connectivity index (χ2n) is 4.16. The van der Waals surface area contributed by atoms with Crippen molar-refractivity contribution < 1.29 is 0 Å². The molecule has 104 valence electrons. The van der Waals surface area contributed by atoms with E-state index in [0.29, 0.717) is 31.5 Å². The van der Waals surface area contributed by atoms with Crippen LogP contribution in [0.15, 0.2) is 17.2 Å². The smallest absolute Gasteiger partial charge is 0.187 e. The van der Waals surface area contributed by atoms with Crippen molar-refractivity contribution >= 4 is 57.8 Å². The number of nitrogens with one attached hydrogen (secondary N) is 2. The van der Waals surface area contributed by atoms with Gasteiger partial charge in [0, 0.05) is 11.6 Å². The number of thiocarbonyl (C=S) groups is 1. The number of benzene rings is 1. The zero-order valence-corrected chi connectivity index (χ0v) is 13.8. The maximum atomic E-state index is 6.12. The van der Waals surface area contributed by atoms with Gasteiger partial charge >= 0.3 is 0 Å². The Kier molecular flexibility index (Phi) is 6.33. The molecule has 0 aromatic heterocycles. The van der Waals surface area contributed by atoms with Gasteiger partial charge in [-0.1, -0.05) is 40.9 Å². The molecular weight excluding hydrogens is 325 g/mol. The van der Waals surface area contributed by atoms with Gasteiger partial charge in [0.25, 0.3) is 0 Å². The van der Waals surface area contributed by atoms with Crippen LogP contribution in [0, 0.1) is 0 Å². The lowest BCUT2D eigenvalue weighted by Crippen LogP contribution is -2.37. The second-order valence-corrected chi connectivity index (χ2v) is 5.73. The highest BCUT2D eigenvalue weighted by Crippen LogP contribution is 2.32. The zero-order chi connectivity index (χ0) is 14.6. The Balaban J connectivity index is 2.86. The molecule has 0 amide bonds.